The van der Waals surface area contributed by atoms with Gasteiger partial charge in [0.15, 0.2) is 0 Å². The van der Waals surface area contributed by atoms with E-state index in [1.165, 1.54) is 32.4 Å². The van der Waals surface area contributed by atoms with Crippen LogP contribution >= 0.6 is 0 Å². The lowest BCUT2D eigenvalue weighted by atomic mass is 10.1. The summed E-state index contributed by atoms with van der Waals surface area (Å²) in [7, 11) is 0. The first-order chi connectivity index (χ1) is 8.22. The van der Waals surface area contributed by atoms with Gasteiger partial charge in [0.05, 0.1) is 0 Å². The molecule has 2 N–H and O–H groups in total. The van der Waals surface area contributed by atoms with Crippen LogP contribution in [0.2, 0.25) is 0 Å². The van der Waals surface area contributed by atoms with Gasteiger partial charge in [0.25, 0.3) is 0 Å². The number of rotatable bonds is 7. The second kappa shape index (κ2) is 8.48. The Morgan fingerprint density at radius 3 is 2.65 bits per heavy atom. The summed E-state index contributed by atoms with van der Waals surface area (Å²) in [5, 5.41) is 6.24. The number of carbonyl (C=O) groups excluding carboxylic acids is 1. The molecule has 1 atom stereocenters. The number of hydrogen-bond acceptors (Lipinski definition) is 3. The normalized spacial score (nSPS) is 18.9. The van der Waals surface area contributed by atoms with Crippen molar-refractivity contribution >= 4 is 5.91 Å². The smallest absolute Gasteiger partial charge is 0.221 e. The molecule has 1 unspecified atom stereocenters. The highest BCUT2D eigenvalue weighted by Crippen LogP contribution is 2.07. The summed E-state index contributed by atoms with van der Waals surface area (Å²) in [4.78, 5) is 14.0. The Morgan fingerprint density at radius 1 is 1.29 bits per heavy atom. The van der Waals surface area contributed by atoms with Crippen LogP contribution in [0.1, 0.15) is 39.5 Å². The van der Waals surface area contributed by atoms with Gasteiger partial charge in [-0.3, -0.25) is 4.79 Å². The van der Waals surface area contributed by atoms with Crippen LogP contribution in [-0.2, 0) is 4.79 Å². The van der Waals surface area contributed by atoms with Crippen molar-refractivity contribution < 1.29 is 4.79 Å². The highest BCUT2D eigenvalue weighted by Gasteiger charge is 2.11. The maximum Gasteiger partial charge on any atom is 0.221 e. The van der Waals surface area contributed by atoms with Gasteiger partial charge in [-0.25, -0.2) is 0 Å². The average Bonchev–Trinajstić information content (AvgIpc) is 2.30. The van der Waals surface area contributed by atoms with Crippen LogP contribution in [0.15, 0.2) is 0 Å². The molecule has 0 aliphatic carbocycles. The third-order valence-corrected chi connectivity index (χ3v) is 3.24. The van der Waals surface area contributed by atoms with E-state index in [1.54, 1.807) is 0 Å². The van der Waals surface area contributed by atoms with Crippen LogP contribution in [0.4, 0.5) is 0 Å². The van der Waals surface area contributed by atoms with Gasteiger partial charge < -0.3 is 15.5 Å². The molecule has 1 fully saturated rings. The molecular weight excluding hydrogens is 214 g/mol. The zero-order chi connectivity index (χ0) is 12.5. The zero-order valence-corrected chi connectivity index (χ0v) is 11.3. The summed E-state index contributed by atoms with van der Waals surface area (Å²) < 4.78 is 0. The minimum Gasteiger partial charge on any atom is -0.355 e. The van der Waals surface area contributed by atoms with Crippen molar-refractivity contribution in [2.75, 3.05) is 32.7 Å². The van der Waals surface area contributed by atoms with Crippen LogP contribution in [0.5, 0.6) is 0 Å². The van der Waals surface area contributed by atoms with Crippen LogP contribution in [0.25, 0.3) is 0 Å². The Balaban J connectivity index is 2.03. The molecule has 1 aliphatic heterocycles. The average molecular weight is 241 g/mol. The Kier molecular flexibility index (Phi) is 7.21. The van der Waals surface area contributed by atoms with E-state index in [-0.39, 0.29) is 11.9 Å². The molecule has 0 aromatic rings. The van der Waals surface area contributed by atoms with Crippen LogP contribution in [-0.4, -0.2) is 49.6 Å². The monoisotopic (exact) mass is 241 g/mol. The first kappa shape index (κ1) is 14.5. The largest absolute Gasteiger partial charge is 0.355 e. The third-order valence-electron chi connectivity index (χ3n) is 3.24. The second-order valence-electron chi connectivity index (χ2n) is 4.92. The number of carbonyl (C=O) groups is 1. The van der Waals surface area contributed by atoms with Crippen molar-refractivity contribution in [3.8, 4) is 0 Å². The Bertz CT molecular complexity index is 215. The molecular formula is C13H27N3O. The fourth-order valence-corrected chi connectivity index (χ4v) is 2.31. The first-order valence-electron chi connectivity index (χ1n) is 6.94. The molecule has 4 nitrogen and oxygen atoms in total. The van der Waals surface area contributed by atoms with E-state index in [0.29, 0.717) is 6.42 Å². The van der Waals surface area contributed by atoms with E-state index in [9.17, 15) is 4.79 Å². The van der Waals surface area contributed by atoms with Gasteiger partial charge in [0, 0.05) is 25.6 Å². The summed E-state index contributed by atoms with van der Waals surface area (Å²) in [5.74, 6) is 0.162. The summed E-state index contributed by atoms with van der Waals surface area (Å²) in [6.07, 6.45) is 4.56. The predicted molar refractivity (Wildman–Crippen MR) is 71.1 cm³/mol. The van der Waals surface area contributed by atoms with Crippen molar-refractivity contribution in [3.63, 3.8) is 0 Å². The van der Waals surface area contributed by atoms with Crippen LogP contribution < -0.4 is 10.6 Å². The van der Waals surface area contributed by atoms with Crippen molar-refractivity contribution in [2.24, 2.45) is 0 Å². The summed E-state index contributed by atoms with van der Waals surface area (Å²) >= 11 is 0. The molecule has 0 spiro atoms. The quantitative estimate of drug-likeness (QED) is 0.698. The molecule has 4 heteroatoms. The lowest BCUT2D eigenvalue weighted by molar-refractivity contribution is -0.121. The molecule has 0 aromatic carbocycles. The minimum atomic E-state index is 0.162. The molecule has 100 valence electrons. The summed E-state index contributed by atoms with van der Waals surface area (Å²) in [6.45, 7) is 9.22. The molecule has 0 aromatic heterocycles. The Labute approximate surface area is 105 Å². The van der Waals surface area contributed by atoms with Crippen molar-refractivity contribution in [1.82, 2.24) is 15.5 Å². The van der Waals surface area contributed by atoms with Gasteiger partial charge in [-0.05, 0) is 39.4 Å². The third kappa shape index (κ3) is 6.64. The maximum atomic E-state index is 11.6. The molecule has 1 heterocycles. The molecule has 0 radical (unpaired) electrons. The lowest BCUT2D eigenvalue weighted by Gasteiger charge is -2.26. The van der Waals surface area contributed by atoms with Crippen molar-refractivity contribution in [3.05, 3.63) is 0 Å². The number of nitrogens with zero attached hydrogens (tertiary/aromatic N) is 1. The Morgan fingerprint density at radius 2 is 2.00 bits per heavy atom. The Hall–Kier alpha value is -0.610. The van der Waals surface area contributed by atoms with E-state index in [1.807, 2.05) is 6.92 Å². The highest BCUT2D eigenvalue weighted by molar-refractivity contribution is 5.76. The van der Waals surface area contributed by atoms with E-state index in [2.05, 4.69) is 22.5 Å². The van der Waals surface area contributed by atoms with E-state index < -0.39 is 0 Å². The van der Waals surface area contributed by atoms with Gasteiger partial charge in [0.1, 0.15) is 0 Å². The number of nitrogens with one attached hydrogen (secondary N) is 2. The SMILES string of the molecule is CCNC(C)CC(=O)NCCN1CCCCC1. The topological polar surface area (TPSA) is 44.4 Å². The number of amides is 1. The van der Waals surface area contributed by atoms with Gasteiger partial charge >= 0.3 is 0 Å². The zero-order valence-electron chi connectivity index (χ0n) is 11.3. The summed E-state index contributed by atoms with van der Waals surface area (Å²) in [5.41, 5.74) is 0. The number of hydrogen-bond donors (Lipinski definition) is 2. The number of piperidine rings is 1. The van der Waals surface area contributed by atoms with Gasteiger partial charge in [-0.15, -0.1) is 0 Å². The van der Waals surface area contributed by atoms with E-state index >= 15 is 0 Å². The van der Waals surface area contributed by atoms with Crippen molar-refractivity contribution in [1.29, 1.82) is 0 Å². The second-order valence-corrected chi connectivity index (χ2v) is 4.92. The molecule has 1 aliphatic rings. The predicted octanol–water partition coefficient (Wildman–Crippen LogP) is 0.977. The van der Waals surface area contributed by atoms with E-state index in [0.717, 1.165) is 19.6 Å². The summed E-state index contributed by atoms with van der Waals surface area (Å²) in [6, 6.07) is 0.273. The van der Waals surface area contributed by atoms with Gasteiger partial charge in [-0.1, -0.05) is 13.3 Å². The standard InChI is InChI=1S/C13H27N3O/c1-3-14-12(2)11-13(17)15-7-10-16-8-5-4-6-9-16/h12,14H,3-11H2,1-2H3,(H,15,17). The van der Waals surface area contributed by atoms with Crippen LogP contribution in [0.3, 0.4) is 0 Å². The molecule has 0 saturated carbocycles. The fourth-order valence-electron chi connectivity index (χ4n) is 2.31. The van der Waals surface area contributed by atoms with Gasteiger partial charge in [-0.2, -0.15) is 0 Å². The van der Waals surface area contributed by atoms with Crippen LogP contribution in [0, 0.1) is 0 Å². The van der Waals surface area contributed by atoms with E-state index in [4.69, 9.17) is 0 Å². The first-order valence-corrected chi connectivity index (χ1v) is 6.94. The maximum absolute atomic E-state index is 11.6. The van der Waals surface area contributed by atoms with Gasteiger partial charge in [0.2, 0.25) is 5.91 Å². The molecule has 1 amide bonds. The molecule has 0 bridgehead atoms. The molecule has 17 heavy (non-hydrogen) atoms. The molecule has 1 saturated heterocycles. The fraction of sp³-hybridized carbons (Fsp3) is 0.923. The van der Waals surface area contributed by atoms with Crippen molar-refractivity contribution in [2.45, 2.75) is 45.6 Å². The molecule has 1 rings (SSSR count). The number of likely N-dealkylation sites (tertiary alicyclic amines) is 1. The minimum absolute atomic E-state index is 0.162. The lowest BCUT2D eigenvalue weighted by Crippen LogP contribution is -2.39. The highest BCUT2D eigenvalue weighted by atomic mass is 16.1.